The molecule has 0 bridgehead atoms. The van der Waals surface area contributed by atoms with Crippen molar-refractivity contribution in [1.29, 1.82) is 5.26 Å². The van der Waals surface area contributed by atoms with Gasteiger partial charge in [-0.1, -0.05) is 42.1 Å². The third-order valence-corrected chi connectivity index (χ3v) is 5.94. The van der Waals surface area contributed by atoms with Gasteiger partial charge in [0.05, 0.1) is 11.3 Å². The molecule has 1 aliphatic heterocycles. The summed E-state index contributed by atoms with van der Waals surface area (Å²) in [6.07, 6.45) is 1.93. The summed E-state index contributed by atoms with van der Waals surface area (Å²) < 4.78 is 0. The van der Waals surface area contributed by atoms with Gasteiger partial charge in [-0.3, -0.25) is 9.69 Å². The number of nitrogens with zero attached hydrogens (tertiary/aromatic N) is 3. The second kappa shape index (κ2) is 9.72. The zero-order chi connectivity index (χ0) is 19.9. The molecule has 2 aromatic rings. The standard InChI is InChI=1S/C22H26N4OS/c1-16-12-17(2)24-22(20(16)13-23)28-15-21(27)25-19-8-10-26(11-9-19)14-18-6-4-3-5-7-18/h3-7,12,19H,8-11,14-15H2,1-2H3,(H,25,27). The number of hydrogen-bond acceptors (Lipinski definition) is 5. The summed E-state index contributed by atoms with van der Waals surface area (Å²) in [6, 6.07) is 14.8. The van der Waals surface area contributed by atoms with Crippen LogP contribution in [0.1, 0.15) is 35.2 Å². The van der Waals surface area contributed by atoms with Crippen LogP contribution in [0.3, 0.4) is 0 Å². The Bertz CT molecular complexity index is 855. The molecule has 0 saturated carbocycles. The van der Waals surface area contributed by atoms with E-state index >= 15 is 0 Å². The summed E-state index contributed by atoms with van der Waals surface area (Å²) in [6.45, 7) is 6.75. The van der Waals surface area contributed by atoms with Gasteiger partial charge in [-0.2, -0.15) is 5.26 Å². The van der Waals surface area contributed by atoms with Gasteiger partial charge in [0.25, 0.3) is 0 Å². The highest BCUT2D eigenvalue weighted by Gasteiger charge is 2.21. The average molecular weight is 395 g/mol. The topological polar surface area (TPSA) is 69.0 Å². The summed E-state index contributed by atoms with van der Waals surface area (Å²) in [7, 11) is 0. The molecular weight excluding hydrogens is 368 g/mol. The van der Waals surface area contributed by atoms with Crippen molar-refractivity contribution in [3.8, 4) is 6.07 Å². The lowest BCUT2D eigenvalue weighted by molar-refractivity contribution is -0.119. The van der Waals surface area contributed by atoms with Gasteiger partial charge < -0.3 is 5.32 Å². The number of carbonyl (C=O) groups is 1. The lowest BCUT2D eigenvalue weighted by Crippen LogP contribution is -2.44. The molecule has 1 amide bonds. The zero-order valence-corrected chi connectivity index (χ0v) is 17.3. The van der Waals surface area contributed by atoms with E-state index in [0.29, 0.717) is 10.6 Å². The number of aryl methyl sites for hydroxylation is 2. The van der Waals surface area contributed by atoms with E-state index in [1.807, 2.05) is 26.0 Å². The quantitative estimate of drug-likeness (QED) is 0.760. The zero-order valence-electron chi connectivity index (χ0n) is 16.4. The molecule has 6 heteroatoms. The van der Waals surface area contributed by atoms with E-state index in [9.17, 15) is 10.1 Å². The van der Waals surface area contributed by atoms with Crippen molar-refractivity contribution >= 4 is 17.7 Å². The van der Waals surface area contributed by atoms with Crippen LogP contribution >= 0.6 is 11.8 Å². The van der Waals surface area contributed by atoms with Gasteiger partial charge in [-0.05, 0) is 43.9 Å². The van der Waals surface area contributed by atoms with Crippen molar-refractivity contribution in [3.05, 3.63) is 58.8 Å². The molecule has 1 aliphatic rings. The lowest BCUT2D eigenvalue weighted by Gasteiger charge is -2.32. The molecule has 3 rings (SSSR count). The predicted molar refractivity (Wildman–Crippen MR) is 112 cm³/mol. The maximum absolute atomic E-state index is 12.4. The molecule has 2 heterocycles. The number of pyridine rings is 1. The fourth-order valence-electron chi connectivity index (χ4n) is 3.52. The summed E-state index contributed by atoms with van der Waals surface area (Å²) in [5.74, 6) is 0.297. The van der Waals surface area contributed by atoms with Gasteiger partial charge in [0, 0.05) is 31.4 Å². The monoisotopic (exact) mass is 394 g/mol. The number of thioether (sulfide) groups is 1. The molecule has 5 nitrogen and oxygen atoms in total. The maximum Gasteiger partial charge on any atom is 0.230 e. The summed E-state index contributed by atoms with van der Waals surface area (Å²) in [4.78, 5) is 19.2. The minimum absolute atomic E-state index is 0.0105. The van der Waals surface area contributed by atoms with Crippen LogP contribution in [0, 0.1) is 25.2 Å². The van der Waals surface area contributed by atoms with E-state index in [0.717, 1.165) is 43.7 Å². The van der Waals surface area contributed by atoms with Crippen molar-refractivity contribution in [1.82, 2.24) is 15.2 Å². The molecule has 1 fully saturated rings. The van der Waals surface area contributed by atoms with Crippen molar-refractivity contribution in [2.75, 3.05) is 18.8 Å². The highest BCUT2D eigenvalue weighted by atomic mass is 32.2. The fourth-order valence-corrected chi connectivity index (χ4v) is 4.43. The van der Waals surface area contributed by atoms with Crippen LogP contribution in [0.5, 0.6) is 0 Å². The molecule has 1 saturated heterocycles. The Morgan fingerprint density at radius 2 is 2.00 bits per heavy atom. The molecule has 1 aromatic carbocycles. The van der Waals surface area contributed by atoms with Crippen LogP contribution in [0.15, 0.2) is 41.4 Å². The van der Waals surface area contributed by atoms with Crippen molar-refractivity contribution in [2.24, 2.45) is 0 Å². The highest BCUT2D eigenvalue weighted by molar-refractivity contribution is 8.00. The maximum atomic E-state index is 12.4. The van der Waals surface area contributed by atoms with Crippen LogP contribution in [-0.2, 0) is 11.3 Å². The third kappa shape index (κ3) is 5.57. The molecule has 1 N–H and O–H groups in total. The molecule has 146 valence electrons. The third-order valence-electron chi connectivity index (χ3n) is 4.96. The number of amides is 1. The first-order chi connectivity index (χ1) is 13.5. The van der Waals surface area contributed by atoms with E-state index in [1.165, 1.54) is 17.3 Å². The van der Waals surface area contributed by atoms with Crippen LogP contribution in [0.4, 0.5) is 0 Å². The number of rotatable bonds is 6. The number of hydrogen-bond donors (Lipinski definition) is 1. The van der Waals surface area contributed by atoms with E-state index in [1.54, 1.807) is 0 Å². The molecule has 1 aromatic heterocycles. The summed E-state index contributed by atoms with van der Waals surface area (Å²) >= 11 is 1.34. The number of aromatic nitrogens is 1. The van der Waals surface area contributed by atoms with Crippen molar-refractivity contribution in [3.63, 3.8) is 0 Å². The lowest BCUT2D eigenvalue weighted by atomic mass is 10.0. The van der Waals surface area contributed by atoms with E-state index in [-0.39, 0.29) is 17.7 Å². The molecule has 0 aliphatic carbocycles. The predicted octanol–water partition coefficient (Wildman–Crippen LogP) is 3.44. The van der Waals surface area contributed by atoms with Crippen LogP contribution in [0.25, 0.3) is 0 Å². The number of piperidine rings is 1. The van der Waals surface area contributed by atoms with Gasteiger partial charge in [0.15, 0.2) is 0 Å². The van der Waals surface area contributed by atoms with Gasteiger partial charge in [0.2, 0.25) is 5.91 Å². The average Bonchev–Trinajstić information content (AvgIpc) is 2.68. The SMILES string of the molecule is Cc1cc(C)c(C#N)c(SCC(=O)NC2CCN(Cc3ccccc3)CC2)n1. The van der Waals surface area contributed by atoms with Gasteiger partial charge >= 0.3 is 0 Å². The van der Waals surface area contributed by atoms with Gasteiger partial charge in [-0.15, -0.1) is 0 Å². The minimum atomic E-state index is 0.0105. The number of carbonyl (C=O) groups excluding carboxylic acids is 1. The largest absolute Gasteiger partial charge is 0.353 e. The van der Waals surface area contributed by atoms with E-state index < -0.39 is 0 Å². The molecule has 0 unspecified atom stereocenters. The van der Waals surface area contributed by atoms with Crippen molar-refractivity contribution < 1.29 is 4.79 Å². The second-order valence-electron chi connectivity index (χ2n) is 7.26. The van der Waals surface area contributed by atoms with E-state index in [2.05, 4.69) is 45.5 Å². The first-order valence-corrected chi connectivity index (χ1v) is 10.6. The van der Waals surface area contributed by atoms with E-state index in [4.69, 9.17) is 0 Å². The highest BCUT2D eigenvalue weighted by Crippen LogP contribution is 2.23. The smallest absolute Gasteiger partial charge is 0.230 e. The number of benzene rings is 1. The molecule has 0 spiro atoms. The number of nitriles is 1. The Labute approximate surface area is 171 Å². The molecule has 0 radical (unpaired) electrons. The first-order valence-electron chi connectivity index (χ1n) is 9.62. The Morgan fingerprint density at radius 1 is 1.29 bits per heavy atom. The van der Waals surface area contributed by atoms with Crippen LogP contribution < -0.4 is 5.32 Å². The normalized spacial score (nSPS) is 15.2. The first kappa shape index (κ1) is 20.4. The van der Waals surface area contributed by atoms with Crippen LogP contribution in [0.2, 0.25) is 0 Å². The molecular formula is C22H26N4OS. The van der Waals surface area contributed by atoms with Crippen molar-refractivity contribution in [2.45, 2.75) is 44.3 Å². The minimum Gasteiger partial charge on any atom is -0.353 e. The molecule has 28 heavy (non-hydrogen) atoms. The second-order valence-corrected chi connectivity index (χ2v) is 8.23. The molecule has 0 atom stereocenters. The van der Waals surface area contributed by atoms with Gasteiger partial charge in [-0.25, -0.2) is 4.98 Å². The van der Waals surface area contributed by atoms with Gasteiger partial charge in [0.1, 0.15) is 11.1 Å². The Hall–Kier alpha value is -2.36. The number of nitrogens with one attached hydrogen (secondary N) is 1. The Morgan fingerprint density at radius 3 is 2.68 bits per heavy atom. The Balaban J connectivity index is 1.45. The van der Waals surface area contributed by atoms with Crippen LogP contribution in [-0.4, -0.2) is 40.7 Å². The Kier molecular flexibility index (Phi) is 7.07. The summed E-state index contributed by atoms with van der Waals surface area (Å²) in [5.41, 5.74) is 3.67. The number of likely N-dealkylation sites (tertiary alicyclic amines) is 1. The summed E-state index contributed by atoms with van der Waals surface area (Å²) in [5, 5.41) is 13.1. The fraction of sp³-hybridized carbons (Fsp3) is 0.409.